The van der Waals surface area contributed by atoms with Gasteiger partial charge in [0.25, 0.3) is 0 Å². The smallest absolute Gasteiger partial charge is 0.250 e. The van der Waals surface area contributed by atoms with E-state index in [1.807, 2.05) is 24.3 Å². The summed E-state index contributed by atoms with van der Waals surface area (Å²) in [5.74, 6) is -0.691. The molecule has 1 amide bonds. The zero-order valence-electron chi connectivity index (χ0n) is 18.0. The topological polar surface area (TPSA) is 137 Å². The zero-order chi connectivity index (χ0) is 24.7. The van der Waals surface area contributed by atoms with Crippen LogP contribution in [0, 0.1) is 5.41 Å². The Hall–Kier alpha value is -3.42. The first kappa shape index (κ1) is 25.8. The number of carbonyl (C=O) groups is 1. The van der Waals surface area contributed by atoms with Crippen LogP contribution in [0.5, 0.6) is 23.0 Å². The number of aromatic hydroxyl groups is 3. The lowest BCUT2D eigenvalue weighted by Gasteiger charge is -2.11. The van der Waals surface area contributed by atoms with Crippen molar-refractivity contribution in [2.24, 2.45) is 5.73 Å². The number of hydrogen-bond donors (Lipinski definition) is 5. The fraction of sp³-hybridized carbons (Fsp3) is 0.167. The van der Waals surface area contributed by atoms with E-state index in [2.05, 4.69) is 13.8 Å². The molecule has 0 radical (unpaired) electrons. The Labute approximate surface area is 201 Å². The number of amides is 1. The van der Waals surface area contributed by atoms with Crippen LogP contribution in [0.15, 0.2) is 48.5 Å². The predicted molar refractivity (Wildman–Crippen MR) is 129 cm³/mol. The van der Waals surface area contributed by atoms with Gasteiger partial charge in [0.15, 0.2) is 11.5 Å². The van der Waals surface area contributed by atoms with Gasteiger partial charge in [0.2, 0.25) is 11.7 Å². The number of primary amides is 1. The molecule has 3 aromatic carbocycles. The van der Waals surface area contributed by atoms with E-state index in [1.165, 1.54) is 29.8 Å². The molecule has 174 valence electrons. The number of phenolic OH excluding ortho intramolecular Hbond substituents is 3. The van der Waals surface area contributed by atoms with Crippen LogP contribution in [0.3, 0.4) is 0 Å². The highest BCUT2D eigenvalue weighted by molar-refractivity contribution is 6.44. The number of benzene rings is 3. The van der Waals surface area contributed by atoms with Crippen molar-refractivity contribution in [1.29, 1.82) is 5.41 Å². The summed E-state index contributed by atoms with van der Waals surface area (Å²) in [4.78, 5) is 10.7. The summed E-state index contributed by atoms with van der Waals surface area (Å²) in [5.41, 5.74) is 7.68. The van der Waals surface area contributed by atoms with Crippen molar-refractivity contribution >= 4 is 35.3 Å². The molecular formula is C24H24Cl2N2O5. The third kappa shape index (κ3) is 6.78. The van der Waals surface area contributed by atoms with Gasteiger partial charge in [-0.3, -0.25) is 4.79 Å². The van der Waals surface area contributed by atoms with Gasteiger partial charge in [-0.25, -0.2) is 0 Å². The predicted octanol–water partition coefficient (Wildman–Crippen LogP) is 5.60. The van der Waals surface area contributed by atoms with Crippen molar-refractivity contribution in [2.75, 3.05) is 0 Å². The first-order valence-corrected chi connectivity index (χ1v) is 10.6. The SMILES string of the molecule is CC(C)c1ccc(COc2c(O)cc(C=N)cc2O)cc1.NC(=O)c1ccc(O)c(Cl)c1Cl. The van der Waals surface area contributed by atoms with Crippen LogP contribution in [0.4, 0.5) is 0 Å². The summed E-state index contributed by atoms with van der Waals surface area (Å²) in [6, 6.07) is 13.3. The second kappa shape index (κ2) is 11.4. The third-order valence-electron chi connectivity index (χ3n) is 4.60. The lowest BCUT2D eigenvalue weighted by molar-refractivity contribution is 0.100. The number of rotatable bonds is 6. The molecule has 7 nitrogen and oxygen atoms in total. The van der Waals surface area contributed by atoms with Gasteiger partial charge in [-0.15, -0.1) is 0 Å². The molecule has 0 fully saturated rings. The van der Waals surface area contributed by atoms with E-state index in [9.17, 15) is 15.0 Å². The second-order valence-corrected chi connectivity index (χ2v) is 8.10. The van der Waals surface area contributed by atoms with Crippen LogP contribution in [0.1, 0.15) is 46.8 Å². The second-order valence-electron chi connectivity index (χ2n) is 7.34. The van der Waals surface area contributed by atoms with Crippen molar-refractivity contribution in [3.8, 4) is 23.0 Å². The zero-order valence-corrected chi connectivity index (χ0v) is 19.5. The summed E-state index contributed by atoms with van der Waals surface area (Å²) in [5, 5.41) is 35.7. The molecule has 0 aliphatic heterocycles. The monoisotopic (exact) mass is 490 g/mol. The minimum atomic E-state index is -0.679. The molecule has 0 aliphatic rings. The fourth-order valence-corrected chi connectivity index (χ4v) is 3.15. The highest BCUT2D eigenvalue weighted by Crippen LogP contribution is 2.37. The Balaban J connectivity index is 0.000000273. The van der Waals surface area contributed by atoms with Gasteiger partial charge in [0.05, 0.1) is 10.6 Å². The van der Waals surface area contributed by atoms with Gasteiger partial charge in [-0.05, 0) is 46.9 Å². The van der Waals surface area contributed by atoms with Crippen LogP contribution in [-0.2, 0) is 6.61 Å². The molecule has 0 bridgehead atoms. The summed E-state index contributed by atoms with van der Waals surface area (Å²) in [6.07, 6.45) is 1.05. The average Bonchev–Trinajstić information content (AvgIpc) is 2.77. The third-order valence-corrected chi connectivity index (χ3v) is 5.47. The Morgan fingerprint density at radius 1 is 1.00 bits per heavy atom. The van der Waals surface area contributed by atoms with E-state index in [1.54, 1.807) is 0 Å². The van der Waals surface area contributed by atoms with Gasteiger partial charge >= 0.3 is 0 Å². The molecule has 0 aliphatic carbocycles. The van der Waals surface area contributed by atoms with Crippen LogP contribution >= 0.6 is 23.2 Å². The van der Waals surface area contributed by atoms with Gasteiger partial charge < -0.3 is 31.2 Å². The highest BCUT2D eigenvalue weighted by Gasteiger charge is 2.13. The molecule has 0 spiro atoms. The average molecular weight is 491 g/mol. The molecule has 0 unspecified atom stereocenters. The number of hydrogen-bond acceptors (Lipinski definition) is 6. The lowest BCUT2D eigenvalue weighted by atomic mass is 10.0. The Morgan fingerprint density at radius 3 is 2.06 bits per heavy atom. The Morgan fingerprint density at radius 2 is 1.58 bits per heavy atom. The molecule has 33 heavy (non-hydrogen) atoms. The quantitative estimate of drug-likeness (QED) is 0.286. The number of nitrogens with one attached hydrogen (secondary N) is 1. The first-order valence-electron chi connectivity index (χ1n) is 9.80. The Kier molecular flexibility index (Phi) is 8.96. The van der Waals surface area contributed by atoms with Crippen LogP contribution in [0.2, 0.25) is 10.0 Å². The van der Waals surface area contributed by atoms with E-state index >= 15 is 0 Å². The molecule has 3 rings (SSSR count). The normalized spacial score (nSPS) is 10.3. The summed E-state index contributed by atoms with van der Waals surface area (Å²) >= 11 is 11.1. The molecule has 3 aromatic rings. The number of nitrogens with two attached hydrogens (primary N) is 1. The summed E-state index contributed by atoms with van der Waals surface area (Å²) in [7, 11) is 0. The van der Waals surface area contributed by atoms with Crippen molar-refractivity contribution in [2.45, 2.75) is 26.4 Å². The Bertz CT molecular complexity index is 1130. The number of halogens is 2. The molecule has 0 saturated carbocycles. The molecule has 0 aromatic heterocycles. The molecule has 9 heteroatoms. The van der Waals surface area contributed by atoms with Gasteiger partial charge in [0.1, 0.15) is 17.4 Å². The molecule has 0 saturated heterocycles. The van der Waals surface area contributed by atoms with E-state index in [0.29, 0.717) is 11.5 Å². The van der Waals surface area contributed by atoms with E-state index in [4.69, 9.17) is 44.2 Å². The van der Waals surface area contributed by atoms with Crippen LogP contribution in [0.25, 0.3) is 0 Å². The van der Waals surface area contributed by atoms with E-state index < -0.39 is 5.91 Å². The number of ether oxygens (including phenoxy) is 1. The van der Waals surface area contributed by atoms with Crippen molar-refractivity contribution in [3.63, 3.8) is 0 Å². The number of carbonyl (C=O) groups excluding carboxylic acids is 1. The van der Waals surface area contributed by atoms with Gasteiger partial charge in [-0.2, -0.15) is 0 Å². The number of phenols is 3. The molecular weight excluding hydrogens is 467 g/mol. The minimum Gasteiger partial charge on any atom is -0.506 e. The minimum absolute atomic E-state index is 0.0239. The highest BCUT2D eigenvalue weighted by atomic mass is 35.5. The van der Waals surface area contributed by atoms with Crippen molar-refractivity contribution < 1.29 is 24.9 Å². The maximum atomic E-state index is 10.7. The van der Waals surface area contributed by atoms with Crippen LogP contribution < -0.4 is 10.5 Å². The summed E-state index contributed by atoms with van der Waals surface area (Å²) < 4.78 is 5.48. The summed E-state index contributed by atoms with van der Waals surface area (Å²) in [6.45, 7) is 4.52. The molecule has 0 heterocycles. The standard InChI is InChI=1S/C17H19NO3.C7H5Cl2NO2/c1-11(2)14-5-3-12(4-6-14)10-21-17-15(19)7-13(9-18)8-16(17)20;8-5-3(7(10)12)1-2-4(11)6(5)9/h3-9,11,18-20H,10H2,1-2H3;1-2,11H,(H2,10,12). The maximum absolute atomic E-state index is 10.7. The van der Waals surface area contributed by atoms with Gasteiger partial charge in [0, 0.05) is 6.21 Å². The van der Waals surface area contributed by atoms with E-state index in [0.717, 1.165) is 11.8 Å². The van der Waals surface area contributed by atoms with Crippen molar-refractivity contribution in [1.82, 2.24) is 0 Å². The largest absolute Gasteiger partial charge is 0.506 e. The first-order chi connectivity index (χ1) is 15.5. The molecule has 0 atom stereocenters. The van der Waals surface area contributed by atoms with E-state index in [-0.39, 0.29) is 45.2 Å². The maximum Gasteiger partial charge on any atom is 0.250 e. The van der Waals surface area contributed by atoms with Crippen molar-refractivity contribution in [3.05, 3.63) is 80.8 Å². The fourth-order valence-electron chi connectivity index (χ4n) is 2.73. The van der Waals surface area contributed by atoms with Gasteiger partial charge in [-0.1, -0.05) is 61.3 Å². The molecule has 6 N–H and O–H groups in total. The van der Waals surface area contributed by atoms with Crippen LogP contribution in [-0.4, -0.2) is 27.4 Å². The lowest BCUT2D eigenvalue weighted by Crippen LogP contribution is -2.11.